The van der Waals surface area contributed by atoms with Gasteiger partial charge >= 0.3 is 0 Å². The van der Waals surface area contributed by atoms with Crippen molar-refractivity contribution in [3.8, 4) is 16.9 Å². The molecular formula is C35H31FN4O2S. The van der Waals surface area contributed by atoms with Gasteiger partial charge in [0, 0.05) is 17.7 Å². The normalized spacial score (nSPS) is 14.7. The average molecular weight is 591 g/mol. The van der Waals surface area contributed by atoms with Crippen LogP contribution in [0, 0.1) is 19.7 Å². The highest BCUT2D eigenvalue weighted by atomic mass is 32.2. The summed E-state index contributed by atoms with van der Waals surface area (Å²) in [4.78, 5) is 28.9. The summed E-state index contributed by atoms with van der Waals surface area (Å²) in [5.41, 5.74) is 7.40. The van der Waals surface area contributed by atoms with Crippen molar-refractivity contribution < 1.29 is 14.0 Å². The number of hydrogen-bond donors (Lipinski definition) is 1. The van der Waals surface area contributed by atoms with Crippen molar-refractivity contribution in [2.24, 2.45) is 0 Å². The highest BCUT2D eigenvalue weighted by Crippen LogP contribution is 2.48. The number of carbonyl (C=O) groups is 2. The second-order valence-electron chi connectivity index (χ2n) is 10.7. The van der Waals surface area contributed by atoms with E-state index in [-0.39, 0.29) is 41.7 Å². The van der Waals surface area contributed by atoms with Crippen LogP contribution in [0.25, 0.3) is 16.9 Å². The summed E-state index contributed by atoms with van der Waals surface area (Å²) < 4.78 is 15.2. The van der Waals surface area contributed by atoms with Crippen LogP contribution in [-0.2, 0) is 16.1 Å². The molecule has 2 amide bonds. The number of thioether (sulfide) groups is 1. The zero-order valence-corrected chi connectivity index (χ0v) is 24.8. The van der Waals surface area contributed by atoms with E-state index in [2.05, 4.69) is 30.4 Å². The first-order valence-electron chi connectivity index (χ1n) is 14.1. The van der Waals surface area contributed by atoms with Crippen molar-refractivity contribution in [3.63, 3.8) is 0 Å². The third kappa shape index (κ3) is 6.10. The first-order chi connectivity index (χ1) is 20.9. The van der Waals surface area contributed by atoms with Crippen molar-refractivity contribution in [1.82, 2.24) is 15.1 Å². The maximum atomic E-state index is 13.9. The van der Waals surface area contributed by atoms with Gasteiger partial charge in [0.25, 0.3) is 0 Å². The van der Waals surface area contributed by atoms with Crippen molar-refractivity contribution in [1.29, 1.82) is 0 Å². The summed E-state index contributed by atoms with van der Waals surface area (Å²) in [7, 11) is 0. The van der Waals surface area contributed by atoms with E-state index in [4.69, 9.17) is 5.10 Å². The summed E-state index contributed by atoms with van der Waals surface area (Å²) in [5.74, 6) is -0.0480. The van der Waals surface area contributed by atoms with E-state index in [1.54, 1.807) is 28.8 Å². The topological polar surface area (TPSA) is 67.2 Å². The molecule has 6 nitrogen and oxygen atoms in total. The number of nitrogens with one attached hydrogen (secondary N) is 1. The summed E-state index contributed by atoms with van der Waals surface area (Å²) in [6.45, 7) is 4.12. The molecular weight excluding hydrogens is 559 g/mol. The summed E-state index contributed by atoms with van der Waals surface area (Å²) >= 11 is 1.55. The highest BCUT2D eigenvalue weighted by molar-refractivity contribution is 8.00. The molecule has 0 bridgehead atoms. The Hall–Kier alpha value is -4.69. The zero-order valence-electron chi connectivity index (χ0n) is 24.0. The minimum Gasteiger partial charge on any atom is -0.350 e. The SMILES string of the molecule is Cc1cccc([C@@H]2SCC(=O)N(CC(=O)NCc3ccc(F)cc3)c3c2c(-c2ccccc2)nn3-c2cccc(C)c2)c1. The Kier molecular flexibility index (Phi) is 8.11. The Bertz CT molecular complexity index is 1790. The van der Waals surface area contributed by atoms with Crippen LogP contribution < -0.4 is 10.2 Å². The van der Waals surface area contributed by atoms with E-state index in [0.717, 1.165) is 44.8 Å². The average Bonchev–Trinajstić information content (AvgIpc) is 3.34. The molecule has 0 aliphatic carbocycles. The molecule has 0 unspecified atom stereocenters. The van der Waals surface area contributed by atoms with E-state index in [9.17, 15) is 14.0 Å². The van der Waals surface area contributed by atoms with Crippen molar-refractivity contribution in [2.45, 2.75) is 25.6 Å². The maximum absolute atomic E-state index is 13.9. The smallest absolute Gasteiger partial charge is 0.240 e. The van der Waals surface area contributed by atoms with Crippen LogP contribution in [0.4, 0.5) is 10.2 Å². The lowest BCUT2D eigenvalue weighted by atomic mass is 9.98. The fraction of sp³-hybridized carbons (Fsp3) is 0.171. The van der Waals surface area contributed by atoms with Crippen molar-refractivity contribution in [3.05, 3.63) is 137 Å². The summed E-state index contributed by atoms with van der Waals surface area (Å²) in [6, 6.07) is 32.2. The first kappa shape index (κ1) is 28.4. The largest absolute Gasteiger partial charge is 0.350 e. The Morgan fingerprint density at radius 2 is 1.65 bits per heavy atom. The van der Waals surface area contributed by atoms with Gasteiger partial charge in [-0.25, -0.2) is 9.07 Å². The quantitative estimate of drug-likeness (QED) is 0.227. The van der Waals surface area contributed by atoms with E-state index >= 15 is 0 Å². The minimum atomic E-state index is -0.336. The number of halogens is 1. The molecule has 1 atom stereocenters. The summed E-state index contributed by atoms with van der Waals surface area (Å²) in [5, 5.41) is 7.86. The molecule has 216 valence electrons. The standard InChI is InChI=1S/C35H31FN4O2S/c1-23-8-6-12-27(18-23)34-32-33(26-10-4-3-5-11-26)38-40(29-13-7-9-24(2)19-29)35(32)39(31(42)22-43-34)21-30(41)37-20-25-14-16-28(36)17-15-25/h3-19,34H,20-22H2,1-2H3,(H,37,41)/t34-/m0/s1. The number of benzene rings is 4. The molecule has 2 heterocycles. The molecule has 0 fully saturated rings. The van der Waals surface area contributed by atoms with Gasteiger partial charge in [0.1, 0.15) is 18.2 Å². The van der Waals surface area contributed by atoms with Gasteiger partial charge < -0.3 is 5.32 Å². The fourth-order valence-electron chi connectivity index (χ4n) is 5.37. The predicted molar refractivity (Wildman–Crippen MR) is 170 cm³/mol. The summed E-state index contributed by atoms with van der Waals surface area (Å²) in [6.07, 6.45) is 0. The number of hydrogen-bond acceptors (Lipinski definition) is 4. The maximum Gasteiger partial charge on any atom is 0.240 e. The molecule has 0 radical (unpaired) electrons. The number of aryl methyl sites for hydroxylation is 2. The number of carbonyl (C=O) groups excluding carboxylic acids is 2. The predicted octanol–water partition coefficient (Wildman–Crippen LogP) is 6.78. The van der Waals surface area contributed by atoms with Crippen LogP contribution in [-0.4, -0.2) is 33.9 Å². The Balaban J connectivity index is 1.50. The van der Waals surface area contributed by atoms with Crippen LogP contribution in [0.1, 0.15) is 33.1 Å². The molecule has 4 aromatic carbocycles. The van der Waals surface area contributed by atoms with E-state index in [1.165, 1.54) is 12.1 Å². The van der Waals surface area contributed by atoms with Crippen LogP contribution in [0.3, 0.4) is 0 Å². The van der Waals surface area contributed by atoms with Gasteiger partial charge in [-0.2, -0.15) is 5.10 Å². The molecule has 8 heteroatoms. The second kappa shape index (κ2) is 12.3. The first-order valence-corrected chi connectivity index (χ1v) is 15.2. The van der Waals surface area contributed by atoms with E-state index in [0.29, 0.717) is 5.82 Å². The third-order valence-corrected chi connectivity index (χ3v) is 8.69. The molecule has 1 aromatic heterocycles. The number of amides is 2. The van der Waals surface area contributed by atoms with Gasteiger partial charge in [-0.15, -0.1) is 11.8 Å². The Labute approximate surface area is 254 Å². The zero-order chi connectivity index (χ0) is 29.9. The molecule has 1 aliphatic heterocycles. The van der Waals surface area contributed by atoms with Crippen LogP contribution >= 0.6 is 11.8 Å². The van der Waals surface area contributed by atoms with Gasteiger partial charge in [0.15, 0.2) is 0 Å². The van der Waals surface area contributed by atoms with Gasteiger partial charge in [-0.1, -0.05) is 84.4 Å². The fourth-order valence-corrected chi connectivity index (χ4v) is 6.55. The second-order valence-corrected chi connectivity index (χ2v) is 11.8. The number of aromatic nitrogens is 2. The van der Waals surface area contributed by atoms with E-state index < -0.39 is 0 Å². The molecule has 1 aliphatic rings. The monoisotopic (exact) mass is 590 g/mol. The van der Waals surface area contributed by atoms with Gasteiger partial charge in [0.2, 0.25) is 11.8 Å². The van der Waals surface area contributed by atoms with E-state index in [1.807, 2.05) is 72.3 Å². The molecule has 0 spiro atoms. The molecule has 5 aromatic rings. The van der Waals surface area contributed by atoms with Gasteiger partial charge in [-0.05, 0) is 54.8 Å². The highest BCUT2D eigenvalue weighted by Gasteiger charge is 2.37. The minimum absolute atomic E-state index is 0.174. The van der Waals surface area contributed by atoms with Crippen molar-refractivity contribution >= 4 is 29.4 Å². The number of rotatable bonds is 7. The van der Waals surface area contributed by atoms with Crippen LogP contribution in [0.5, 0.6) is 0 Å². The molecule has 6 rings (SSSR count). The molecule has 1 N–H and O–H groups in total. The molecule has 0 saturated heterocycles. The Morgan fingerprint density at radius 3 is 2.37 bits per heavy atom. The number of fused-ring (bicyclic) bond motifs is 1. The molecule has 43 heavy (non-hydrogen) atoms. The lowest BCUT2D eigenvalue weighted by Crippen LogP contribution is -2.42. The third-order valence-electron chi connectivity index (χ3n) is 7.43. The number of nitrogens with zero attached hydrogens (tertiary/aromatic N) is 3. The lowest BCUT2D eigenvalue weighted by Gasteiger charge is -2.23. The molecule has 0 saturated carbocycles. The van der Waals surface area contributed by atoms with Crippen LogP contribution in [0.2, 0.25) is 0 Å². The van der Waals surface area contributed by atoms with Crippen LogP contribution in [0.15, 0.2) is 103 Å². The van der Waals surface area contributed by atoms with Crippen molar-refractivity contribution in [2.75, 3.05) is 17.2 Å². The Morgan fingerprint density at radius 1 is 0.930 bits per heavy atom. The lowest BCUT2D eigenvalue weighted by molar-refractivity contribution is -0.123. The van der Waals surface area contributed by atoms with Gasteiger partial charge in [-0.3, -0.25) is 14.5 Å². The van der Waals surface area contributed by atoms with Gasteiger partial charge in [0.05, 0.1) is 22.4 Å². The number of anilines is 1.